The first-order valence-electron chi connectivity index (χ1n) is 6.44. The first-order valence-corrected chi connectivity index (χ1v) is 6.44. The number of hydrogen-bond donors (Lipinski definition) is 0. The van der Waals surface area contributed by atoms with Crippen molar-refractivity contribution < 1.29 is 9.18 Å². The van der Waals surface area contributed by atoms with Crippen molar-refractivity contribution in [2.75, 3.05) is 0 Å². The van der Waals surface area contributed by atoms with E-state index in [-0.39, 0.29) is 11.6 Å². The lowest BCUT2D eigenvalue weighted by molar-refractivity contribution is 0.0783. The predicted octanol–water partition coefficient (Wildman–Crippen LogP) is 3.53. The van der Waals surface area contributed by atoms with Crippen molar-refractivity contribution in [3.8, 4) is 0 Å². The van der Waals surface area contributed by atoms with Gasteiger partial charge in [-0.3, -0.25) is 9.78 Å². The highest BCUT2D eigenvalue weighted by Crippen LogP contribution is 2.45. The van der Waals surface area contributed by atoms with Crippen LogP contribution in [0.4, 0.5) is 4.39 Å². The molecule has 0 bridgehead atoms. The fourth-order valence-corrected chi connectivity index (χ4v) is 2.69. The lowest BCUT2D eigenvalue weighted by Gasteiger charge is -2.40. The van der Waals surface area contributed by atoms with E-state index in [9.17, 15) is 9.18 Å². The zero-order valence-corrected chi connectivity index (χ0v) is 10.5. The van der Waals surface area contributed by atoms with Crippen LogP contribution in [0.3, 0.4) is 0 Å². The van der Waals surface area contributed by atoms with Gasteiger partial charge < -0.3 is 0 Å². The summed E-state index contributed by atoms with van der Waals surface area (Å²) in [7, 11) is 0. The van der Waals surface area contributed by atoms with E-state index in [0.29, 0.717) is 5.69 Å². The SMILES string of the molecule is O=C(c1ccccn1)C1(c2ccc(F)cc2)CCC1. The molecule has 0 amide bonds. The second-order valence-corrected chi connectivity index (χ2v) is 4.99. The van der Waals surface area contributed by atoms with Gasteiger partial charge in [0.15, 0.2) is 5.78 Å². The lowest BCUT2D eigenvalue weighted by Crippen LogP contribution is -2.42. The summed E-state index contributed by atoms with van der Waals surface area (Å²) >= 11 is 0. The van der Waals surface area contributed by atoms with Gasteiger partial charge in [0.1, 0.15) is 11.5 Å². The van der Waals surface area contributed by atoms with Gasteiger partial charge in [0, 0.05) is 6.20 Å². The van der Waals surface area contributed by atoms with Crippen molar-refractivity contribution in [3.63, 3.8) is 0 Å². The third-order valence-electron chi connectivity index (χ3n) is 3.94. The third-order valence-corrected chi connectivity index (χ3v) is 3.94. The highest BCUT2D eigenvalue weighted by Gasteiger charge is 2.46. The number of ketones is 1. The Bertz CT molecular complexity index is 588. The summed E-state index contributed by atoms with van der Waals surface area (Å²) in [6.07, 6.45) is 4.28. The van der Waals surface area contributed by atoms with Gasteiger partial charge in [0.2, 0.25) is 0 Å². The first-order chi connectivity index (χ1) is 9.22. The number of carbonyl (C=O) groups is 1. The molecule has 0 unspecified atom stereocenters. The summed E-state index contributed by atoms with van der Waals surface area (Å²) in [5.74, 6) is -0.227. The molecule has 3 rings (SSSR count). The Hall–Kier alpha value is -2.03. The largest absolute Gasteiger partial charge is 0.291 e. The van der Waals surface area contributed by atoms with Crippen molar-refractivity contribution in [1.29, 1.82) is 0 Å². The molecule has 96 valence electrons. The average Bonchev–Trinajstić information content (AvgIpc) is 2.40. The molecule has 0 saturated heterocycles. The smallest absolute Gasteiger partial charge is 0.191 e. The van der Waals surface area contributed by atoms with Crippen LogP contribution in [0.5, 0.6) is 0 Å². The highest BCUT2D eigenvalue weighted by molar-refractivity contribution is 6.03. The van der Waals surface area contributed by atoms with Gasteiger partial charge in [0.25, 0.3) is 0 Å². The van der Waals surface area contributed by atoms with Crippen molar-refractivity contribution in [1.82, 2.24) is 4.98 Å². The van der Waals surface area contributed by atoms with Crippen LogP contribution in [-0.2, 0) is 5.41 Å². The maximum Gasteiger partial charge on any atom is 0.191 e. The molecular formula is C16H14FNO. The molecule has 3 heteroatoms. The van der Waals surface area contributed by atoms with Crippen LogP contribution >= 0.6 is 0 Å². The Balaban J connectivity index is 2.00. The van der Waals surface area contributed by atoms with E-state index >= 15 is 0 Å². The Morgan fingerprint density at radius 2 is 1.84 bits per heavy atom. The minimum atomic E-state index is -0.498. The molecule has 2 aromatic rings. The number of rotatable bonds is 3. The van der Waals surface area contributed by atoms with E-state index < -0.39 is 5.41 Å². The van der Waals surface area contributed by atoms with Crippen LogP contribution in [0.1, 0.15) is 35.3 Å². The van der Waals surface area contributed by atoms with Crippen LogP contribution in [0.2, 0.25) is 0 Å². The average molecular weight is 255 g/mol. The van der Waals surface area contributed by atoms with Crippen LogP contribution < -0.4 is 0 Å². The Morgan fingerprint density at radius 3 is 2.37 bits per heavy atom. The van der Waals surface area contributed by atoms with Crippen LogP contribution in [-0.4, -0.2) is 10.8 Å². The number of carbonyl (C=O) groups excluding carboxylic acids is 1. The van der Waals surface area contributed by atoms with Crippen LogP contribution in [0.25, 0.3) is 0 Å². The molecule has 1 aromatic heterocycles. The van der Waals surface area contributed by atoms with E-state index in [1.807, 2.05) is 6.07 Å². The van der Waals surface area contributed by atoms with Crippen molar-refractivity contribution >= 4 is 5.78 Å². The summed E-state index contributed by atoms with van der Waals surface area (Å²) < 4.78 is 13.0. The summed E-state index contributed by atoms with van der Waals surface area (Å²) in [6, 6.07) is 11.6. The Kier molecular flexibility index (Phi) is 2.90. The van der Waals surface area contributed by atoms with E-state index in [1.165, 1.54) is 12.1 Å². The molecule has 2 nitrogen and oxygen atoms in total. The molecule has 1 aliphatic carbocycles. The van der Waals surface area contributed by atoms with Gasteiger partial charge in [-0.25, -0.2) is 4.39 Å². The number of Topliss-reactive ketones (excluding diaryl/α,β-unsaturated/α-hetero) is 1. The first kappa shape index (κ1) is 12.0. The summed E-state index contributed by atoms with van der Waals surface area (Å²) in [5, 5.41) is 0. The molecule has 19 heavy (non-hydrogen) atoms. The van der Waals surface area contributed by atoms with Gasteiger partial charge in [-0.1, -0.05) is 24.6 Å². The molecule has 0 N–H and O–H groups in total. The van der Waals surface area contributed by atoms with Gasteiger partial charge >= 0.3 is 0 Å². The van der Waals surface area contributed by atoms with E-state index in [2.05, 4.69) is 4.98 Å². The molecule has 1 saturated carbocycles. The molecule has 1 heterocycles. The lowest BCUT2D eigenvalue weighted by atomic mass is 9.61. The molecule has 0 atom stereocenters. The molecule has 0 spiro atoms. The minimum absolute atomic E-state index is 0.0472. The van der Waals surface area contributed by atoms with E-state index in [1.54, 1.807) is 30.5 Å². The maximum atomic E-state index is 13.0. The molecule has 1 aromatic carbocycles. The van der Waals surface area contributed by atoms with Gasteiger partial charge in [-0.2, -0.15) is 0 Å². The zero-order chi connectivity index (χ0) is 13.3. The number of halogens is 1. The number of aromatic nitrogens is 1. The number of benzene rings is 1. The quantitative estimate of drug-likeness (QED) is 0.785. The molecular weight excluding hydrogens is 241 g/mol. The maximum absolute atomic E-state index is 13.0. The van der Waals surface area contributed by atoms with E-state index in [0.717, 1.165) is 24.8 Å². The second-order valence-electron chi connectivity index (χ2n) is 4.99. The fraction of sp³-hybridized carbons (Fsp3) is 0.250. The Morgan fingerprint density at radius 1 is 1.11 bits per heavy atom. The number of nitrogens with zero attached hydrogens (tertiary/aromatic N) is 1. The second kappa shape index (κ2) is 4.57. The summed E-state index contributed by atoms with van der Waals surface area (Å²) in [6.45, 7) is 0. The van der Waals surface area contributed by atoms with E-state index in [4.69, 9.17) is 0 Å². The number of hydrogen-bond acceptors (Lipinski definition) is 2. The normalized spacial score (nSPS) is 16.7. The monoisotopic (exact) mass is 255 g/mol. The van der Waals surface area contributed by atoms with Crippen LogP contribution in [0, 0.1) is 5.82 Å². The number of pyridine rings is 1. The van der Waals surface area contributed by atoms with Gasteiger partial charge in [0.05, 0.1) is 5.41 Å². The van der Waals surface area contributed by atoms with Crippen molar-refractivity contribution in [2.45, 2.75) is 24.7 Å². The fourth-order valence-electron chi connectivity index (χ4n) is 2.69. The standard InChI is InChI=1S/C16H14FNO/c17-13-7-5-12(6-8-13)16(9-3-10-16)15(19)14-4-1-2-11-18-14/h1-2,4-8,11H,3,9-10H2. The minimum Gasteiger partial charge on any atom is -0.291 e. The third kappa shape index (κ3) is 1.95. The molecule has 1 fully saturated rings. The van der Waals surface area contributed by atoms with Gasteiger partial charge in [-0.05, 0) is 42.7 Å². The molecule has 0 aliphatic heterocycles. The summed E-state index contributed by atoms with van der Waals surface area (Å²) in [4.78, 5) is 16.8. The summed E-state index contributed by atoms with van der Waals surface area (Å²) in [5.41, 5.74) is 0.893. The van der Waals surface area contributed by atoms with Crippen molar-refractivity contribution in [3.05, 3.63) is 65.7 Å². The molecule has 1 aliphatic rings. The molecule has 0 radical (unpaired) electrons. The topological polar surface area (TPSA) is 30.0 Å². The zero-order valence-electron chi connectivity index (χ0n) is 10.5. The highest BCUT2D eigenvalue weighted by atomic mass is 19.1. The predicted molar refractivity (Wildman–Crippen MR) is 70.5 cm³/mol. The Labute approximate surface area is 111 Å². The van der Waals surface area contributed by atoms with Crippen LogP contribution in [0.15, 0.2) is 48.7 Å². The van der Waals surface area contributed by atoms with Crippen molar-refractivity contribution in [2.24, 2.45) is 0 Å². The van der Waals surface area contributed by atoms with Gasteiger partial charge in [-0.15, -0.1) is 0 Å².